The van der Waals surface area contributed by atoms with Gasteiger partial charge in [-0.1, -0.05) is 38.1 Å². The number of Topliss-reactive ketones (excluding diaryl/α,β-unsaturated/α-hetero) is 1. The number of rotatable bonds is 11. The number of pyridine rings is 1. The monoisotopic (exact) mass is 530 g/mol. The van der Waals surface area contributed by atoms with Gasteiger partial charge in [-0.3, -0.25) is 14.6 Å². The number of hydrogen-bond acceptors (Lipinski definition) is 7. The molecule has 1 N–H and O–H groups in total. The third kappa shape index (κ3) is 6.22. The van der Waals surface area contributed by atoms with Gasteiger partial charge in [0.1, 0.15) is 11.5 Å². The Morgan fingerprint density at radius 1 is 1.05 bits per heavy atom. The van der Waals surface area contributed by atoms with Gasteiger partial charge in [0, 0.05) is 24.5 Å². The minimum Gasteiger partial charge on any atom is -0.507 e. The Morgan fingerprint density at radius 3 is 2.56 bits per heavy atom. The van der Waals surface area contributed by atoms with E-state index < -0.39 is 17.7 Å². The molecular formula is C31H34N2O6. The smallest absolute Gasteiger partial charge is 0.295 e. The van der Waals surface area contributed by atoms with Gasteiger partial charge in [-0.15, -0.1) is 0 Å². The predicted octanol–water partition coefficient (Wildman–Crippen LogP) is 5.54. The summed E-state index contributed by atoms with van der Waals surface area (Å²) in [6.45, 7) is 7.22. The molecule has 8 nitrogen and oxygen atoms in total. The number of methoxy groups -OCH3 is 1. The van der Waals surface area contributed by atoms with Gasteiger partial charge in [0.2, 0.25) is 0 Å². The van der Waals surface area contributed by atoms with E-state index in [1.807, 2.05) is 13.0 Å². The maximum atomic E-state index is 13.4. The highest BCUT2D eigenvalue weighted by Gasteiger charge is 2.46. The number of aliphatic hydroxyl groups is 1. The summed E-state index contributed by atoms with van der Waals surface area (Å²) in [5, 5.41) is 11.4. The largest absolute Gasteiger partial charge is 0.507 e. The molecule has 0 bridgehead atoms. The van der Waals surface area contributed by atoms with Gasteiger partial charge < -0.3 is 24.2 Å². The molecule has 1 atom stereocenters. The van der Waals surface area contributed by atoms with Crippen molar-refractivity contribution in [1.29, 1.82) is 0 Å². The molecular weight excluding hydrogens is 496 g/mol. The van der Waals surface area contributed by atoms with Gasteiger partial charge in [-0.05, 0) is 60.7 Å². The molecule has 0 aliphatic carbocycles. The first-order valence-corrected chi connectivity index (χ1v) is 13.0. The first-order valence-electron chi connectivity index (χ1n) is 13.0. The van der Waals surface area contributed by atoms with Crippen LogP contribution >= 0.6 is 0 Å². The molecule has 3 aromatic rings. The van der Waals surface area contributed by atoms with Crippen LogP contribution in [0.25, 0.3) is 5.76 Å². The average molecular weight is 531 g/mol. The molecule has 2 heterocycles. The summed E-state index contributed by atoms with van der Waals surface area (Å²) in [7, 11) is 1.54. The van der Waals surface area contributed by atoms with Crippen LogP contribution in [0, 0.1) is 5.92 Å². The van der Waals surface area contributed by atoms with Crippen molar-refractivity contribution in [3.05, 3.63) is 89.3 Å². The van der Waals surface area contributed by atoms with Gasteiger partial charge in [0.15, 0.2) is 11.5 Å². The van der Waals surface area contributed by atoms with Crippen molar-refractivity contribution in [2.24, 2.45) is 5.92 Å². The van der Waals surface area contributed by atoms with E-state index in [-0.39, 0.29) is 17.9 Å². The standard InChI is InChI=1S/C31H34N2O6/c1-5-38-24-10-6-9-23(16-24)29(34)27-28(33(31(36)30(27)35)19-21-8-7-14-32-18-21)22-11-12-25(26(17-22)37-4)39-15-13-20(2)3/h6-12,14,16-18,20,28,34H,5,13,15,19H2,1-4H3. The number of amides is 1. The molecule has 0 radical (unpaired) electrons. The van der Waals surface area contributed by atoms with Crippen LogP contribution in [0.3, 0.4) is 0 Å². The Bertz CT molecular complexity index is 1350. The van der Waals surface area contributed by atoms with E-state index in [9.17, 15) is 14.7 Å². The highest BCUT2D eigenvalue weighted by molar-refractivity contribution is 6.46. The van der Waals surface area contributed by atoms with Crippen LogP contribution in [0.15, 0.2) is 72.6 Å². The molecule has 1 aliphatic rings. The second kappa shape index (κ2) is 12.5. The summed E-state index contributed by atoms with van der Waals surface area (Å²) in [5.41, 5.74) is 1.73. The number of benzene rings is 2. The Hall–Kier alpha value is -4.33. The maximum absolute atomic E-state index is 13.4. The Morgan fingerprint density at radius 2 is 1.87 bits per heavy atom. The number of ketones is 1. The highest BCUT2D eigenvalue weighted by Crippen LogP contribution is 2.43. The fourth-order valence-corrected chi connectivity index (χ4v) is 4.51. The molecule has 1 fully saturated rings. The van der Waals surface area contributed by atoms with Crippen LogP contribution in [0.2, 0.25) is 0 Å². The van der Waals surface area contributed by atoms with Crippen molar-refractivity contribution in [1.82, 2.24) is 9.88 Å². The zero-order chi connectivity index (χ0) is 27.9. The summed E-state index contributed by atoms with van der Waals surface area (Å²) in [6.07, 6.45) is 4.18. The lowest BCUT2D eigenvalue weighted by Gasteiger charge is -2.26. The van der Waals surface area contributed by atoms with E-state index in [2.05, 4.69) is 18.8 Å². The van der Waals surface area contributed by atoms with Crippen molar-refractivity contribution in [3.8, 4) is 17.2 Å². The number of nitrogens with zero attached hydrogens (tertiary/aromatic N) is 2. The third-order valence-electron chi connectivity index (χ3n) is 6.49. The summed E-state index contributed by atoms with van der Waals surface area (Å²) in [6, 6.07) is 14.9. The van der Waals surface area contributed by atoms with Crippen molar-refractivity contribution < 1.29 is 28.9 Å². The van der Waals surface area contributed by atoms with E-state index in [4.69, 9.17) is 14.2 Å². The number of likely N-dealkylation sites (tertiary alicyclic amines) is 1. The molecule has 1 aromatic heterocycles. The van der Waals surface area contributed by atoms with Gasteiger partial charge >= 0.3 is 0 Å². The van der Waals surface area contributed by atoms with Crippen LogP contribution in [0.4, 0.5) is 0 Å². The van der Waals surface area contributed by atoms with E-state index >= 15 is 0 Å². The highest BCUT2D eigenvalue weighted by atomic mass is 16.5. The summed E-state index contributed by atoms with van der Waals surface area (Å²) < 4.78 is 17.1. The first-order chi connectivity index (χ1) is 18.8. The van der Waals surface area contributed by atoms with E-state index in [0.717, 1.165) is 12.0 Å². The lowest BCUT2D eigenvalue weighted by atomic mass is 9.94. The molecule has 1 unspecified atom stereocenters. The van der Waals surface area contributed by atoms with E-state index in [1.54, 1.807) is 68.0 Å². The van der Waals surface area contributed by atoms with Crippen molar-refractivity contribution in [2.75, 3.05) is 20.3 Å². The van der Waals surface area contributed by atoms with E-state index in [1.165, 1.54) is 4.90 Å². The normalized spacial score (nSPS) is 16.5. The molecule has 0 saturated carbocycles. The zero-order valence-corrected chi connectivity index (χ0v) is 22.7. The maximum Gasteiger partial charge on any atom is 0.295 e. The van der Waals surface area contributed by atoms with Crippen molar-refractivity contribution in [2.45, 2.75) is 39.8 Å². The molecule has 39 heavy (non-hydrogen) atoms. The Labute approximate surface area is 228 Å². The fraction of sp³-hybridized carbons (Fsp3) is 0.323. The van der Waals surface area contributed by atoms with Gasteiger partial charge in [-0.2, -0.15) is 0 Å². The predicted molar refractivity (Wildman–Crippen MR) is 148 cm³/mol. The van der Waals surface area contributed by atoms with Crippen LogP contribution in [-0.4, -0.2) is 47.0 Å². The van der Waals surface area contributed by atoms with Crippen LogP contribution in [0.5, 0.6) is 17.2 Å². The average Bonchev–Trinajstić information content (AvgIpc) is 3.18. The Balaban J connectivity index is 1.81. The quantitative estimate of drug-likeness (QED) is 0.198. The van der Waals surface area contributed by atoms with Crippen LogP contribution in [-0.2, 0) is 16.1 Å². The molecule has 4 rings (SSSR count). The third-order valence-corrected chi connectivity index (χ3v) is 6.49. The minimum absolute atomic E-state index is 0.00642. The number of carbonyl (C=O) groups excluding carboxylic acids is 2. The zero-order valence-electron chi connectivity index (χ0n) is 22.7. The van der Waals surface area contributed by atoms with Crippen molar-refractivity contribution in [3.63, 3.8) is 0 Å². The van der Waals surface area contributed by atoms with Crippen LogP contribution in [0.1, 0.15) is 49.9 Å². The first kappa shape index (κ1) is 27.7. The summed E-state index contributed by atoms with van der Waals surface area (Å²) in [5.74, 6) is 0.333. The number of aromatic nitrogens is 1. The molecule has 0 spiro atoms. The number of ether oxygens (including phenoxy) is 3. The molecule has 1 aliphatic heterocycles. The lowest BCUT2D eigenvalue weighted by Crippen LogP contribution is -2.29. The molecule has 2 aromatic carbocycles. The molecule has 1 saturated heterocycles. The lowest BCUT2D eigenvalue weighted by molar-refractivity contribution is -0.140. The Kier molecular flexibility index (Phi) is 8.86. The van der Waals surface area contributed by atoms with Gasteiger partial charge in [0.05, 0.1) is 31.9 Å². The van der Waals surface area contributed by atoms with Crippen LogP contribution < -0.4 is 14.2 Å². The topological polar surface area (TPSA) is 98.2 Å². The summed E-state index contributed by atoms with van der Waals surface area (Å²) in [4.78, 5) is 32.4. The van der Waals surface area contributed by atoms with Gasteiger partial charge in [-0.25, -0.2) is 0 Å². The number of hydrogen-bond donors (Lipinski definition) is 1. The number of aliphatic hydroxyl groups excluding tert-OH is 1. The minimum atomic E-state index is -0.862. The molecule has 204 valence electrons. The van der Waals surface area contributed by atoms with Gasteiger partial charge in [0.25, 0.3) is 11.7 Å². The SMILES string of the molecule is CCOc1cccc(C(O)=C2C(=O)C(=O)N(Cc3cccnc3)C2c2ccc(OCCC(C)C)c(OC)c2)c1. The van der Waals surface area contributed by atoms with E-state index in [0.29, 0.717) is 47.5 Å². The second-order valence-corrected chi connectivity index (χ2v) is 9.69. The molecule has 8 heteroatoms. The summed E-state index contributed by atoms with van der Waals surface area (Å²) >= 11 is 0. The van der Waals surface area contributed by atoms with Crippen molar-refractivity contribution >= 4 is 17.4 Å². The number of carbonyl (C=O) groups is 2. The second-order valence-electron chi connectivity index (χ2n) is 9.69. The molecule has 1 amide bonds. The fourth-order valence-electron chi connectivity index (χ4n) is 4.51.